The summed E-state index contributed by atoms with van der Waals surface area (Å²) >= 11 is 0. The lowest BCUT2D eigenvalue weighted by molar-refractivity contribution is -0.209. The van der Waals surface area contributed by atoms with Gasteiger partial charge in [0.25, 0.3) is 0 Å². The molecule has 0 radical (unpaired) electrons. The molecule has 4 nitrogen and oxygen atoms in total. The van der Waals surface area contributed by atoms with Crippen LogP contribution >= 0.6 is 0 Å². The van der Waals surface area contributed by atoms with Crippen molar-refractivity contribution in [3.63, 3.8) is 0 Å². The van der Waals surface area contributed by atoms with E-state index >= 15 is 0 Å². The molecule has 1 aromatic carbocycles. The van der Waals surface area contributed by atoms with Crippen LogP contribution in [0.25, 0.3) is 0 Å². The predicted octanol–water partition coefficient (Wildman–Crippen LogP) is 1.66. The minimum absolute atomic E-state index is 0.323. The van der Waals surface area contributed by atoms with E-state index < -0.39 is 5.79 Å². The molecule has 0 aliphatic carbocycles. The van der Waals surface area contributed by atoms with Gasteiger partial charge in [0.2, 0.25) is 0 Å². The molecular formula is C11H17NO3. The number of hydrogen-bond acceptors (Lipinski definition) is 4. The number of nitrogen functional groups attached to an aromatic ring is 1. The number of methoxy groups -OCH3 is 2. The Labute approximate surface area is 89.9 Å². The number of nitrogens with two attached hydrogens (primary N) is 1. The SMILES string of the molecule is COC(C)(COc1ccc(N)cc1)OC. The third-order valence-electron chi connectivity index (χ3n) is 2.24. The van der Waals surface area contributed by atoms with Crippen LogP contribution in [0.15, 0.2) is 24.3 Å². The molecular weight excluding hydrogens is 194 g/mol. The fourth-order valence-corrected chi connectivity index (χ4v) is 0.980. The van der Waals surface area contributed by atoms with Gasteiger partial charge in [-0.05, 0) is 31.2 Å². The van der Waals surface area contributed by atoms with Gasteiger partial charge in [0.15, 0.2) is 5.79 Å². The van der Waals surface area contributed by atoms with Gasteiger partial charge in [0.1, 0.15) is 12.4 Å². The van der Waals surface area contributed by atoms with Gasteiger partial charge in [-0.3, -0.25) is 0 Å². The molecule has 0 amide bonds. The van der Waals surface area contributed by atoms with E-state index in [-0.39, 0.29) is 0 Å². The van der Waals surface area contributed by atoms with Gasteiger partial charge in [-0.2, -0.15) is 0 Å². The zero-order chi connectivity index (χ0) is 11.3. The van der Waals surface area contributed by atoms with Crippen LogP contribution in [0, 0.1) is 0 Å². The molecule has 1 aromatic rings. The summed E-state index contributed by atoms with van der Waals surface area (Å²) in [4.78, 5) is 0. The molecule has 4 heteroatoms. The highest BCUT2D eigenvalue weighted by Crippen LogP contribution is 2.16. The second-order valence-electron chi connectivity index (χ2n) is 3.40. The van der Waals surface area contributed by atoms with E-state index in [1.165, 1.54) is 0 Å². The summed E-state index contributed by atoms with van der Waals surface area (Å²) in [5.41, 5.74) is 6.27. The molecule has 0 bridgehead atoms. The molecule has 0 spiro atoms. The summed E-state index contributed by atoms with van der Waals surface area (Å²) in [5.74, 6) is 0.0195. The Morgan fingerprint density at radius 1 is 1.13 bits per heavy atom. The highest BCUT2D eigenvalue weighted by molar-refractivity contribution is 5.41. The maximum absolute atomic E-state index is 5.56. The standard InChI is InChI=1S/C11H17NO3/c1-11(13-2,14-3)8-15-10-6-4-9(12)5-7-10/h4-7H,8,12H2,1-3H3. The highest BCUT2D eigenvalue weighted by Gasteiger charge is 2.23. The van der Waals surface area contributed by atoms with Crippen molar-refractivity contribution in [1.29, 1.82) is 0 Å². The van der Waals surface area contributed by atoms with Crippen LogP contribution in [-0.2, 0) is 9.47 Å². The zero-order valence-corrected chi connectivity index (χ0v) is 9.32. The van der Waals surface area contributed by atoms with Crippen molar-refractivity contribution in [2.24, 2.45) is 0 Å². The van der Waals surface area contributed by atoms with E-state index in [4.69, 9.17) is 19.9 Å². The summed E-state index contributed by atoms with van der Waals surface area (Å²) in [6, 6.07) is 7.18. The van der Waals surface area contributed by atoms with Crippen LogP contribution in [0.5, 0.6) is 5.75 Å². The summed E-state index contributed by atoms with van der Waals surface area (Å²) in [7, 11) is 3.16. The van der Waals surface area contributed by atoms with Gasteiger partial charge in [-0.25, -0.2) is 0 Å². The Bertz CT molecular complexity index is 293. The van der Waals surface area contributed by atoms with Crippen molar-refractivity contribution in [3.8, 4) is 5.75 Å². The summed E-state index contributed by atoms with van der Waals surface area (Å²) < 4.78 is 15.8. The minimum Gasteiger partial charge on any atom is -0.488 e. The molecule has 0 saturated heterocycles. The van der Waals surface area contributed by atoms with Crippen LogP contribution in [-0.4, -0.2) is 26.6 Å². The van der Waals surface area contributed by atoms with Crippen LogP contribution in [0.2, 0.25) is 0 Å². The van der Waals surface area contributed by atoms with Crippen LogP contribution in [0.4, 0.5) is 5.69 Å². The number of benzene rings is 1. The predicted molar refractivity (Wildman–Crippen MR) is 58.8 cm³/mol. The molecule has 0 unspecified atom stereocenters. The van der Waals surface area contributed by atoms with Crippen molar-refractivity contribution in [3.05, 3.63) is 24.3 Å². The average Bonchev–Trinajstić information content (AvgIpc) is 2.28. The smallest absolute Gasteiger partial charge is 0.199 e. The van der Waals surface area contributed by atoms with Gasteiger partial charge < -0.3 is 19.9 Å². The molecule has 0 heterocycles. The van der Waals surface area contributed by atoms with E-state index in [0.717, 1.165) is 5.75 Å². The average molecular weight is 211 g/mol. The molecule has 15 heavy (non-hydrogen) atoms. The maximum Gasteiger partial charge on any atom is 0.199 e. The zero-order valence-electron chi connectivity index (χ0n) is 9.32. The molecule has 0 aliphatic rings. The first-order valence-electron chi connectivity index (χ1n) is 4.68. The van der Waals surface area contributed by atoms with Crippen molar-refractivity contribution >= 4 is 5.69 Å². The fraction of sp³-hybridized carbons (Fsp3) is 0.455. The maximum atomic E-state index is 5.56. The first-order valence-corrected chi connectivity index (χ1v) is 4.68. The van der Waals surface area contributed by atoms with Crippen LogP contribution in [0.3, 0.4) is 0 Å². The van der Waals surface area contributed by atoms with Crippen molar-refractivity contribution in [2.75, 3.05) is 26.6 Å². The van der Waals surface area contributed by atoms with Crippen LogP contribution < -0.4 is 10.5 Å². The van der Waals surface area contributed by atoms with E-state index in [1.807, 2.05) is 6.92 Å². The first-order chi connectivity index (χ1) is 7.09. The molecule has 0 saturated carbocycles. The summed E-state index contributed by atoms with van der Waals surface area (Å²) in [6.07, 6.45) is 0. The quantitative estimate of drug-likeness (QED) is 0.594. The lowest BCUT2D eigenvalue weighted by Gasteiger charge is -2.26. The Kier molecular flexibility index (Phi) is 3.94. The number of hydrogen-bond donors (Lipinski definition) is 1. The van der Waals surface area contributed by atoms with Gasteiger partial charge >= 0.3 is 0 Å². The Balaban J connectivity index is 2.53. The van der Waals surface area contributed by atoms with E-state index in [9.17, 15) is 0 Å². The molecule has 2 N–H and O–H groups in total. The molecule has 0 fully saturated rings. The number of ether oxygens (including phenoxy) is 3. The number of rotatable bonds is 5. The van der Waals surface area contributed by atoms with Crippen molar-refractivity contribution < 1.29 is 14.2 Å². The summed E-state index contributed by atoms with van der Waals surface area (Å²) in [6.45, 7) is 2.13. The lowest BCUT2D eigenvalue weighted by atomic mass is 10.3. The lowest BCUT2D eigenvalue weighted by Crippen LogP contribution is -2.36. The first kappa shape index (κ1) is 11.8. The molecule has 0 aromatic heterocycles. The third kappa shape index (κ3) is 3.42. The van der Waals surface area contributed by atoms with Crippen molar-refractivity contribution in [1.82, 2.24) is 0 Å². The van der Waals surface area contributed by atoms with Crippen molar-refractivity contribution in [2.45, 2.75) is 12.7 Å². The Hall–Kier alpha value is -1.26. The van der Waals surface area contributed by atoms with Gasteiger partial charge in [0, 0.05) is 19.9 Å². The molecule has 84 valence electrons. The van der Waals surface area contributed by atoms with Gasteiger partial charge in [-0.15, -0.1) is 0 Å². The second kappa shape index (κ2) is 5.00. The fourth-order valence-electron chi connectivity index (χ4n) is 0.980. The normalized spacial score (nSPS) is 11.4. The van der Waals surface area contributed by atoms with Gasteiger partial charge in [-0.1, -0.05) is 0 Å². The highest BCUT2D eigenvalue weighted by atomic mass is 16.7. The summed E-state index contributed by atoms with van der Waals surface area (Å²) in [5, 5.41) is 0. The Morgan fingerprint density at radius 2 is 1.67 bits per heavy atom. The monoisotopic (exact) mass is 211 g/mol. The molecule has 0 aliphatic heterocycles. The second-order valence-corrected chi connectivity index (χ2v) is 3.40. The van der Waals surface area contributed by atoms with Crippen LogP contribution in [0.1, 0.15) is 6.92 Å². The minimum atomic E-state index is -0.721. The molecule has 1 rings (SSSR count). The topological polar surface area (TPSA) is 53.7 Å². The number of anilines is 1. The van der Waals surface area contributed by atoms with E-state index in [2.05, 4.69) is 0 Å². The van der Waals surface area contributed by atoms with Gasteiger partial charge in [0.05, 0.1) is 0 Å². The molecule has 0 atom stereocenters. The largest absolute Gasteiger partial charge is 0.488 e. The third-order valence-corrected chi connectivity index (χ3v) is 2.24. The Morgan fingerprint density at radius 3 is 2.13 bits per heavy atom. The van der Waals surface area contributed by atoms with E-state index in [0.29, 0.717) is 12.3 Å². The van der Waals surface area contributed by atoms with E-state index in [1.54, 1.807) is 38.5 Å².